The Labute approximate surface area is 180 Å². The van der Waals surface area contributed by atoms with Crippen molar-refractivity contribution in [1.29, 1.82) is 0 Å². The molecule has 2 amide bonds. The Morgan fingerprint density at radius 2 is 1.87 bits per heavy atom. The molecule has 1 aliphatic rings. The Morgan fingerprint density at radius 1 is 1.10 bits per heavy atom. The van der Waals surface area contributed by atoms with Gasteiger partial charge in [-0.1, -0.05) is 30.3 Å². The van der Waals surface area contributed by atoms with E-state index in [0.717, 1.165) is 16.7 Å². The molecule has 7 heteroatoms. The number of aromatic nitrogens is 2. The molecule has 31 heavy (non-hydrogen) atoms. The molecule has 0 bridgehead atoms. The van der Waals surface area contributed by atoms with Gasteiger partial charge in [0.05, 0.1) is 0 Å². The molecule has 160 valence electrons. The molecule has 3 heterocycles. The van der Waals surface area contributed by atoms with Crippen molar-refractivity contribution < 1.29 is 9.59 Å². The molecule has 2 aromatic heterocycles. The predicted molar refractivity (Wildman–Crippen MR) is 118 cm³/mol. The number of hydrogen-bond acceptors (Lipinski definition) is 3. The third-order valence-electron chi connectivity index (χ3n) is 5.69. The molecule has 0 saturated heterocycles. The van der Waals surface area contributed by atoms with Crippen LogP contribution in [-0.4, -0.2) is 51.8 Å². The van der Waals surface area contributed by atoms with E-state index in [4.69, 9.17) is 0 Å². The quantitative estimate of drug-likeness (QED) is 0.691. The van der Waals surface area contributed by atoms with Crippen LogP contribution >= 0.6 is 0 Å². The van der Waals surface area contributed by atoms with E-state index in [9.17, 15) is 14.4 Å². The summed E-state index contributed by atoms with van der Waals surface area (Å²) in [5.41, 5.74) is 3.22. The normalized spacial score (nSPS) is 13.0. The van der Waals surface area contributed by atoms with Crippen LogP contribution in [0, 0.1) is 0 Å². The number of hydrogen-bond donors (Lipinski definition) is 1. The van der Waals surface area contributed by atoms with Crippen LogP contribution in [0.3, 0.4) is 0 Å². The molecular formula is C24H26N4O3. The number of nitrogens with zero attached hydrogens (tertiary/aromatic N) is 3. The second kappa shape index (κ2) is 8.63. The van der Waals surface area contributed by atoms with E-state index < -0.39 is 0 Å². The van der Waals surface area contributed by atoms with Crippen molar-refractivity contribution in [1.82, 2.24) is 19.4 Å². The monoisotopic (exact) mass is 418 g/mol. The van der Waals surface area contributed by atoms with E-state index in [0.29, 0.717) is 38.2 Å². The second-order valence-corrected chi connectivity index (χ2v) is 8.00. The molecule has 0 fully saturated rings. The van der Waals surface area contributed by atoms with Gasteiger partial charge in [-0.3, -0.25) is 14.4 Å². The molecule has 7 nitrogen and oxygen atoms in total. The van der Waals surface area contributed by atoms with E-state index in [1.807, 2.05) is 36.5 Å². The highest BCUT2D eigenvalue weighted by atomic mass is 16.2. The van der Waals surface area contributed by atoms with Crippen LogP contribution in [0.5, 0.6) is 0 Å². The number of carbonyl (C=O) groups is 2. The molecule has 1 N–H and O–H groups in total. The number of benzene rings is 1. The number of aryl methyl sites for hydroxylation is 2. The van der Waals surface area contributed by atoms with E-state index in [1.54, 1.807) is 41.9 Å². The van der Waals surface area contributed by atoms with Crippen LogP contribution in [-0.2, 0) is 25.9 Å². The van der Waals surface area contributed by atoms with Crippen LogP contribution in [0.1, 0.15) is 37.5 Å². The largest absolute Gasteiger partial charge is 0.357 e. The van der Waals surface area contributed by atoms with Gasteiger partial charge in [-0.2, -0.15) is 0 Å². The number of fused-ring (bicyclic) bond motifs is 1. The molecule has 4 rings (SSSR count). The first-order chi connectivity index (χ1) is 15.0. The first kappa shape index (κ1) is 20.7. The Bertz CT molecular complexity index is 1150. The zero-order chi connectivity index (χ0) is 22.0. The lowest BCUT2D eigenvalue weighted by molar-refractivity contribution is 0.0728. The molecule has 1 aromatic carbocycles. The highest BCUT2D eigenvalue weighted by Gasteiger charge is 2.29. The van der Waals surface area contributed by atoms with Crippen LogP contribution in [0.2, 0.25) is 0 Å². The third kappa shape index (κ3) is 4.17. The fourth-order valence-electron chi connectivity index (χ4n) is 4.02. The predicted octanol–water partition coefficient (Wildman–Crippen LogP) is 2.32. The smallest absolute Gasteiger partial charge is 0.270 e. The Balaban J connectivity index is 1.69. The summed E-state index contributed by atoms with van der Waals surface area (Å²) in [6.45, 7) is 1.30. The van der Waals surface area contributed by atoms with Crippen LogP contribution in [0.4, 0.5) is 0 Å². The number of nitrogens with one attached hydrogen (secondary N) is 1. The number of H-pyrrole nitrogens is 1. The first-order valence-electron chi connectivity index (χ1n) is 10.4. The van der Waals surface area contributed by atoms with E-state index in [1.165, 1.54) is 4.90 Å². The summed E-state index contributed by atoms with van der Waals surface area (Å²) in [5, 5.41) is 0. The molecule has 0 aliphatic carbocycles. The molecular weight excluding hydrogens is 392 g/mol. The Hall–Kier alpha value is -3.61. The van der Waals surface area contributed by atoms with Crippen molar-refractivity contribution in [3.8, 4) is 0 Å². The standard InChI is InChI=1S/C24H26N4O3/c1-26(2)23(30)21-19-11-14-27(22(29)20-9-6-12-25-20)15-18(19)16-28(24(21)31)13-10-17-7-4-3-5-8-17/h3-9,12,16,25H,10-11,13-15H2,1-2H3. The number of aromatic amines is 1. The Kier molecular flexibility index (Phi) is 5.75. The SMILES string of the molecule is CN(C)C(=O)c1c2c(cn(CCc3ccccc3)c1=O)CN(C(=O)c1ccc[nH]1)CC2. The van der Waals surface area contributed by atoms with Gasteiger partial charge < -0.3 is 19.4 Å². The average molecular weight is 418 g/mol. The highest BCUT2D eigenvalue weighted by Crippen LogP contribution is 2.23. The number of pyridine rings is 1. The van der Waals surface area contributed by atoms with E-state index in [2.05, 4.69) is 4.98 Å². The maximum absolute atomic E-state index is 13.2. The fourth-order valence-corrected chi connectivity index (χ4v) is 4.02. The topological polar surface area (TPSA) is 78.4 Å². The molecule has 0 unspecified atom stereocenters. The van der Waals surface area contributed by atoms with E-state index in [-0.39, 0.29) is 22.9 Å². The zero-order valence-corrected chi connectivity index (χ0v) is 17.8. The summed E-state index contributed by atoms with van der Waals surface area (Å²) in [5.74, 6) is -0.377. The van der Waals surface area contributed by atoms with Crippen LogP contribution in [0.15, 0.2) is 59.7 Å². The lowest BCUT2D eigenvalue weighted by Gasteiger charge is -2.30. The van der Waals surface area contributed by atoms with Crippen LogP contribution in [0.25, 0.3) is 0 Å². The number of rotatable bonds is 5. The first-order valence-corrected chi connectivity index (χ1v) is 10.4. The fraction of sp³-hybridized carbons (Fsp3) is 0.292. The van der Waals surface area contributed by atoms with Gasteiger partial charge in [-0.05, 0) is 41.7 Å². The molecule has 0 atom stereocenters. The number of carbonyl (C=O) groups excluding carboxylic acids is 2. The molecule has 3 aromatic rings. The minimum absolute atomic E-state index is 0.0850. The zero-order valence-electron chi connectivity index (χ0n) is 17.8. The van der Waals surface area contributed by atoms with Crippen molar-refractivity contribution in [2.24, 2.45) is 0 Å². The summed E-state index contributed by atoms with van der Waals surface area (Å²) in [6.07, 6.45) is 4.70. The van der Waals surface area contributed by atoms with Crippen LogP contribution < -0.4 is 5.56 Å². The minimum atomic E-state index is -0.292. The minimum Gasteiger partial charge on any atom is -0.357 e. The summed E-state index contributed by atoms with van der Waals surface area (Å²) in [7, 11) is 3.30. The molecule has 0 radical (unpaired) electrons. The van der Waals surface area contributed by atoms with Crippen molar-refractivity contribution in [3.63, 3.8) is 0 Å². The summed E-state index contributed by atoms with van der Waals surface area (Å²) in [4.78, 5) is 45.1. The highest BCUT2D eigenvalue weighted by molar-refractivity contribution is 5.96. The average Bonchev–Trinajstić information content (AvgIpc) is 3.32. The number of amides is 2. The summed E-state index contributed by atoms with van der Waals surface area (Å²) >= 11 is 0. The van der Waals surface area contributed by atoms with E-state index >= 15 is 0 Å². The second-order valence-electron chi connectivity index (χ2n) is 8.00. The Morgan fingerprint density at radius 3 is 2.55 bits per heavy atom. The van der Waals surface area contributed by atoms with Gasteiger partial charge >= 0.3 is 0 Å². The molecule has 1 aliphatic heterocycles. The van der Waals surface area contributed by atoms with Crippen molar-refractivity contribution in [2.75, 3.05) is 20.6 Å². The van der Waals surface area contributed by atoms with Gasteiger partial charge in [0.15, 0.2) is 0 Å². The van der Waals surface area contributed by atoms with Crippen molar-refractivity contribution in [2.45, 2.75) is 25.9 Å². The van der Waals surface area contributed by atoms with Gasteiger partial charge in [0.1, 0.15) is 11.3 Å². The van der Waals surface area contributed by atoms with Crippen molar-refractivity contribution in [3.05, 3.63) is 93.2 Å². The lowest BCUT2D eigenvalue weighted by atomic mass is 9.95. The van der Waals surface area contributed by atoms with Gasteiger partial charge in [-0.15, -0.1) is 0 Å². The lowest BCUT2D eigenvalue weighted by Crippen LogP contribution is -2.41. The summed E-state index contributed by atoms with van der Waals surface area (Å²) in [6, 6.07) is 13.5. The molecule has 0 saturated carbocycles. The van der Waals surface area contributed by atoms with Gasteiger partial charge in [-0.25, -0.2) is 0 Å². The maximum Gasteiger partial charge on any atom is 0.270 e. The molecule has 0 spiro atoms. The van der Waals surface area contributed by atoms with Gasteiger partial charge in [0.25, 0.3) is 17.4 Å². The van der Waals surface area contributed by atoms with Gasteiger partial charge in [0.2, 0.25) is 0 Å². The third-order valence-corrected chi connectivity index (χ3v) is 5.69. The summed E-state index contributed by atoms with van der Waals surface area (Å²) < 4.78 is 1.62. The maximum atomic E-state index is 13.2. The van der Waals surface area contributed by atoms with Gasteiger partial charge in [0, 0.05) is 46.1 Å². The van der Waals surface area contributed by atoms with Crippen molar-refractivity contribution >= 4 is 11.8 Å².